The van der Waals surface area contributed by atoms with Gasteiger partial charge in [0, 0.05) is 32.0 Å². The Bertz CT molecular complexity index is 557. The lowest BCUT2D eigenvalue weighted by Crippen LogP contribution is -2.36. The van der Waals surface area contributed by atoms with Crippen molar-refractivity contribution >= 4 is 5.91 Å². The zero-order valence-electron chi connectivity index (χ0n) is 12.2. The molecular formula is C14H22N4O3. The molecule has 1 fully saturated rings. The number of amides is 1. The number of aryl methyl sites for hydroxylation is 1. The minimum atomic E-state index is -0.161. The van der Waals surface area contributed by atoms with Crippen molar-refractivity contribution < 1.29 is 9.53 Å². The molecule has 21 heavy (non-hydrogen) atoms. The van der Waals surface area contributed by atoms with Crippen LogP contribution in [0.5, 0.6) is 0 Å². The van der Waals surface area contributed by atoms with Crippen LogP contribution in [-0.4, -0.2) is 40.0 Å². The molecule has 3 rings (SSSR count). The molecule has 1 atom stereocenters. The van der Waals surface area contributed by atoms with Crippen LogP contribution in [-0.2, 0) is 29.0 Å². The Morgan fingerprint density at radius 1 is 1.38 bits per heavy atom. The number of rotatable bonds is 4. The summed E-state index contributed by atoms with van der Waals surface area (Å²) >= 11 is 0. The third-order valence-corrected chi connectivity index (χ3v) is 4.19. The average molecular weight is 294 g/mol. The quantitative estimate of drug-likeness (QED) is 0.843. The van der Waals surface area contributed by atoms with Crippen molar-refractivity contribution in [3.63, 3.8) is 0 Å². The second-order valence-corrected chi connectivity index (χ2v) is 5.85. The van der Waals surface area contributed by atoms with E-state index in [-0.39, 0.29) is 18.1 Å². The van der Waals surface area contributed by atoms with Crippen molar-refractivity contribution in [1.29, 1.82) is 0 Å². The molecule has 0 bridgehead atoms. The average Bonchev–Trinajstić information content (AvgIpc) is 3.01. The lowest BCUT2D eigenvalue weighted by Gasteiger charge is -2.09. The van der Waals surface area contributed by atoms with Gasteiger partial charge in [-0.2, -0.15) is 5.10 Å². The first-order valence-corrected chi connectivity index (χ1v) is 7.75. The molecule has 0 radical (unpaired) electrons. The maximum absolute atomic E-state index is 12.2. The summed E-state index contributed by atoms with van der Waals surface area (Å²) in [4.78, 5) is 24.2. The Morgan fingerprint density at radius 3 is 3.10 bits per heavy atom. The van der Waals surface area contributed by atoms with Gasteiger partial charge in [0.2, 0.25) is 5.91 Å². The summed E-state index contributed by atoms with van der Waals surface area (Å²) in [7, 11) is 0. The number of carbonyl (C=O) groups is 1. The summed E-state index contributed by atoms with van der Waals surface area (Å²) in [5.74, 6) is 1.05. The van der Waals surface area contributed by atoms with Crippen LogP contribution < -0.4 is 11.0 Å². The van der Waals surface area contributed by atoms with Crippen LogP contribution in [0, 0.1) is 5.92 Å². The van der Waals surface area contributed by atoms with Gasteiger partial charge in [-0.3, -0.25) is 9.36 Å². The second-order valence-electron chi connectivity index (χ2n) is 5.85. The number of fused-ring (bicyclic) bond motifs is 1. The molecule has 1 saturated heterocycles. The van der Waals surface area contributed by atoms with Crippen LogP contribution in [0.25, 0.3) is 0 Å². The highest BCUT2D eigenvalue weighted by Gasteiger charge is 2.19. The van der Waals surface area contributed by atoms with E-state index in [2.05, 4.69) is 10.4 Å². The van der Waals surface area contributed by atoms with Gasteiger partial charge in [0.15, 0.2) is 0 Å². The lowest BCUT2D eigenvalue weighted by atomic mass is 10.1. The zero-order valence-corrected chi connectivity index (χ0v) is 12.2. The summed E-state index contributed by atoms with van der Waals surface area (Å²) < 4.78 is 8.28. The van der Waals surface area contributed by atoms with Crippen molar-refractivity contribution in [3.05, 3.63) is 16.3 Å². The number of carbonyl (C=O) groups excluding carboxylic acids is 1. The molecule has 1 amide bonds. The molecule has 3 heterocycles. The molecule has 7 heteroatoms. The van der Waals surface area contributed by atoms with Crippen LogP contribution in [0.4, 0.5) is 0 Å². The van der Waals surface area contributed by atoms with Gasteiger partial charge >= 0.3 is 5.69 Å². The molecule has 2 aliphatic heterocycles. The van der Waals surface area contributed by atoms with Crippen LogP contribution in [0.1, 0.15) is 31.5 Å². The van der Waals surface area contributed by atoms with Crippen molar-refractivity contribution in [1.82, 2.24) is 19.7 Å². The second kappa shape index (κ2) is 6.43. The Kier molecular flexibility index (Phi) is 4.38. The van der Waals surface area contributed by atoms with Gasteiger partial charge in [-0.15, -0.1) is 0 Å². The molecule has 1 aromatic rings. The van der Waals surface area contributed by atoms with Crippen molar-refractivity contribution in [2.45, 2.75) is 45.2 Å². The molecule has 1 unspecified atom stereocenters. The predicted molar refractivity (Wildman–Crippen MR) is 76.0 cm³/mol. The first-order valence-electron chi connectivity index (χ1n) is 7.75. The third kappa shape index (κ3) is 3.34. The van der Waals surface area contributed by atoms with E-state index in [1.54, 1.807) is 4.57 Å². The molecule has 1 aromatic heterocycles. The number of ether oxygens (including phenoxy) is 1. The molecule has 7 nitrogen and oxygen atoms in total. The van der Waals surface area contributed by atoms with E-state index in [0.29, 0.717) is 19.1 Å². The number of aromatic nitrogens is 3. The first-order chi connectivity index (χ1) is 10.2. The van der Waals surface area contributed by atoms with Crippen LogP contribution >= 0.6 is 0 Å². The van der Waals surface area contributed by atoms with Gasteiger partial charge in [-0.1, -0.05) is 6.42 Å². The Balaban J connectivity index is 1.59. The number of nitrogens with zero attached hydrogens (tertiary/aromatic N) is 3. The van der Waals surface area contributed by atoms with E-state index in [1.807, 2.05) is 0 Å². The highest BCUT2D eigenvalue weighted by molar-refractivity contribution is 5.75. The number of nitrogens with one attached hydrogen (secondary N) is 1. The summed E-state index contributed by atoms with van der Waals surface area (Å²) in [6, 6.07) is 0. The maximum Gasteiger partial charge on any atom is 0.346 e. The van der Waals surface area contributed by atoms with Gasteiger partial charge in [0.05, 0.1) is 6.61 Å². The smallest absolute Gasteiger partial charge is 0.346 e. The molecule has 116 valence electrons. The molecule has 1 N–H and O–H groups in total. The summed E-state index contributed by atoms with van der Waals surface area (Å²) in [5.41, 5.74) is -0.161. The Hall–Kier alpha value is -1.63. The number of hydrogen-bond acceptors (Lipinski definition) is 4. The van der Waals surface area contributed by atoms with E-state index < -0.39 is 0 Å². The summed E-state index contributed by atoms with van der Waals surface area (Å²) in [6.45, 7) is 2.82. The normalized spacial score (nSPS) is 21.8. The number of hydrogen-bond donors (Lipinski definition) is 1. The van der Waals surface area contributed by atoms with Crippen LogP contribution in [0.3, 0.4) is 0 Å². The molecular weight excluding hydrogens is 272 g/mol. The minimum absolute atomic E-state index is 0.00636. The van der Waals surface area contributed by atoms with E-state index in [1.165, 1.54) is 4.68 Å². The van der Waals surface area contributed by atoms with Gasteiger partial charge < -0.3 is 10.1 Å². The van der Waals surface area contributed by atoms with E-state index in [9.17, 15) is 9.59 Å². The van der Waals surface area contributed by atoms with Crippen molar-refractivity contribution in [3.8, 4) is 0 Å². The molecule has 0 saturated carbocycles. The molecule has 0 aromatic carbocycles. The van der Waals surface area contributed by atoms with Crippen molar-refractivity contribution in [2.75, 3.05) is 19.8 Å². The fourth-order valence-corrected chi connectivity index (χ4v) is 2.92. The first kappa shape index (κ1) is 14.3. The van der Waals surface area contributed by atoms with Gasteiger partial charge in [0.1, 0.15) is 12.4 Å². The summed E-state index contributed by atoms with van der Waals surface area (Å²) in [5, 5.41) is 7.18. The van der Waals surface area contributed by atoms with E-state index in [0.717, 1.165) is 51.1 Å². The molecule has 2 aliphatic rings. The highest BCUT2D eigenvalue weighted by atomic mass is 16.5. The topological polar surface area (TPSA) is 78.2 Å². The monoisotopic (exact) mass is 294 g/mol. The Morgan fingerprint density at radius 2 is 2.29 bits per heavy atom. The standard InChI is InChI=1S/C14H22N4O3/c19-13(15-8-11-5-7-21-10-11)9-18-14(20)17-6-3-1-2-4-12(17)16-18/h11H,1-10H2,(H,15,19). The van der Waals surface area contributed by atoms with E-state index in [4.69, 9.17) is 4.74 Å². The van der Waals surface area contributed by atoms with Gasteiger partial charge in [0.25, 0.3) is 0 Å². The zero-order chi connectivity index (χ0) is 14.7. The SMILES string of the molecule is O=C(Cn1nc2n(c1=O)CCCCC2)NCC1CCOC1. The largest absolute Gasteiger partial charge is 0.381 e. The summed E-state index contributed by atoms with van der Waals surface area (Å²) in [6.07, 6.45) is 5.01. The minimum Gasteiger partial charge on any atom is -0.381 e. The molecule has 0 spiro atoms. The fourth-order valence-electron chi connectivity index (χ4n) is 2.92. The lowest BCUT2D eigenvalue weighted by molar-refractivity contribution is -0.122. The van der Waals surface area contributed by atoms with E-state index >= 15 is 0 Å². The van der Waals surface area contributed by atoms with Crippen molar-refractivity contribution in [2.24, 2.45) is 5.92 Å². The highest BCUT2D eigenvalue weighted by Crippen LogP contribution is 2.11. The molecule has 0 aliphatic carbocycles. The van der Waals surface area contributed by atoms with Gasteiger partial charge in [-0.05, 0) is 19.3 Å². The third-order valence-electron chi connectivity index (χ3n) is 4.19. The maximum atomic E-state index is 12.2. The fraction of sp³-hybridized carbons (Fsp3) is 0.786. The van der Waals surface area contributed by atoms with Gasteiger partial charge in [-0.25, -0.2) is 9.48 Å². The van der Waals surface area contributed by atoms with Crippen LogP contribution in [0.15, 0.2) is 4.79 Å². The van der Waals surface area contributed by atoms with Crippen LogP contribution in [0.2, 0.25) is 0 Å². The Labute approximate surface area is 123 Å². The predicted octanol–water partition coefficient (Wildman–Crippen LogP) is -0.0761.